The summed E-state index contributed by atoms with van der Waals surface area (Å²) < 4.78 is 15.9. The largest absolute Gasteiger partial charge is 0.497 e. The summed E-state index contributed by atoms with van der Waals surface area (Å²) in [5, 5.41) is 7.77. The molecule has 0 spiro atoms. The van der Waals surface area contributed by atoms with Gasteiger partial charge in [0, 0.05) is 10.9 Å². The molecule has 1 aromatic heterocycles. The van der Waals surface area contributed by atoms with Crippen LogP contribution in [0.25, 0.3) is 11.3 Å². The number of aromatic nitrogens is 1. The molecule has 2 aromatic carbocycles. The second kappa shape index (κ2) is 8.19. The minimum absolute atomic E-state index is 0.0117. The Hall–Kier alpha value is -3.59. The lowest BCUT2D eigenvalue weighted by molar-refractivity contribution is -0.119. The molecule has 0 aliphatic carbocycles. The number of benzene rings is 2. The molecule has 0 radical (unpaired) electrons. The fraction of sp³-hybridized carbons (Fsp3) is 0.150. The van der Waals surface area contributed by atoms with Gasteiger partial charge in [0.25, 0.3) is 11.8 Å². The first kappa shape index (κ1) is 18.8. The molecule has 29 heavy (non-hydrogen) atoms. The van der Waals surface area contributed by atoms with Crippen LogP contribution in [0.4, 0.5) is 10.8 Å². The zero-order valence-electron chi connectivity index (χ0n) is 15.4. The van der Waals surface area contributed by atoms with Crippen LogP contribution in [-0.4, -0.2) is 37.1 Å². The Balaban J connectivity index is 1.37. The van der Waals surface area contributed by atoms with E-state index in [0.717, 1.165) is 5.56 Å². The Morgan fingerprint density at radius 1 is 1.24 bits per heavy atom. The Morgan fingerprint density at radius 2 is 2.03 bits per heavy atom. The lowest BCUT2D eigenvalue weighted by Gasteiger charge is -2.18. The maximum absolute atomic E-state index is 12.1. The Morgan fingerprint density at radius 3 is 2.83 bits per heavy atom. The van der Waals surface area contributed by atoms with E-state index in [9.17, 15) is 9.59 Å². The molecule has 3 aromatic rings. The van der Waals surface area contributed by atoms with E-state index in [2.05, 4.69) is 15.6 Å². The van der Waals surface area contributed by atoms with Gasteiger partial charge in [-0.05, 0) is 42.5 Å². The van der Waals surface area contributed by atoms with Crippen molar-refractivity contribution >= 4 is 34.0 Å². The number of carbonyl (C=O) groups excluding carboxylic acids is 2. The van der Waals surface area contributed by atoms with Gasteiger partial charge in [-0.15, -0.1) is 11.3 Å². The van der Waals surface area contributed by atoms with Crippen molar-refractivity contribution in [2.45, 2.75) is 0 Å². The highest BCUT2D eigenvalue weighted by Gasteiger charge is 2.17. The number of carbonyl (C=O) groups is 2. The number of fused-ring (bicyclic) bond motifs is 1. The smallest absolute Gasteiger partial charge is 0.264 e. The summed E-state index contributed by atoms with van der Waals surface area (Å²) in [6.07, 6.45) is 0. The van der Waals surface area contributed by atoms with E-state index in [0.29, 0.717) is 33.8 Å². The van der Waals surface area contributed by atoms with Crippen molar-refractivity contribution in [1.82, 2.24) is 4.98 Å². The molecule has 2 N–H and O–H groups in total. The fourth-order valence-electron chi connectivity index (χ4n) is 2.68. The van der Waals surface area contributed by atoms with Crippen LogP contribution in [0.3, 0.4) is 0 Å². The number of methoxy groups -OCH3 is 1. The average molecular weight is 411 g/mol. The van der Waals surface area contributed by atoms with Crippen LogP contribution in [0.5, 0.6) is 17.2 Å². The third-order valence-corrected chi connectivity index (χ3v) is 4.85. The van der Waals surface area contributed by atoms with Crippen LogP contribution in [-0.2, 0) is 9.59 Å². The predicted octanol–water partition coefficient (Wildman–Crippen LogP) is 3.17. The molecule has 0 bridgehead atoms. The second-order valence-corrected chi connectivity index (χ2v) is 6.96. The molecule has 0 saturated heterocycles. The average Bonchev–Trinajstić information content (AvgIpc) is 3.20. The highest BCUT2D eigenvalue weighted by molar-refractivity contribution is 7.14. The Bertz CT molecular complexity index is 1050. The highest BCUT2D eigenvalue weighted by atomic mass is 32.1. The van der Waals surface area contributed by atoms with Gasteiger partial charge in [-0.3, -0.25) is 14.9 Å². The molecule has 1 aliphatic heterocycles. The summed E-state index contributed by atoms with van der Waals surface area (Å²) in [6.45, 7) is -0.124. The Labute approximate surface area is 170 Å². The van der Waals surface area contributed by atoms with Crippen molar-refractivity contribution in [3.63, 3.8) is 0 Å². The van der Waals surface area contributed by atoms with E-state index in [-0.39, 0.29) is 25.0 Å². The number of hydrogen-bond acceptors (Lipinski definition) is 7. The summed E-state index contributed by atoms with van der Waals surface area (Å²) >= 11 is 1.30. The number of nitrogens with one attached hydrogen (secondary N) is 2. The number of rotatable bonds is 6. The molecule has 0 unspecified atom stereocenters. The summed E-state index contributed by atoms with van der Waals surface area (Å²) in [5.41, 5.74) is 2.09. The molecule has 9 heteroatoms. The molecule has 0 fully saturated rings. The van der Waals surface area contributed by atoms with Gasteiger partial charge in [0.1, 0.15) is 17.2 Å². The molecular weight excluding hydrogens is 394 g/mol. The van der Waals surface area contributed by atoms with E-state index >= 15 is 0 Å². The van der Waals surface area contributed by atoms with Gasteiger partial charge in [0.15, 0.2) is 18.3 Å². The molecule has 1 aliphatic rings. The van der Waals surface area contributed by atoms with Gasteiger partial charge >= 0.3 is 0 Å². The van der Waals surface area contributed by atoms with E-state index in [1.165, 1.54) is 11.3 Å². The summed E-state index contributed by atoms with van der Waals surface area (Å²) in [5.74, 6) is 1.39. The number of nitrogens with zero attached hydrogens (tertiary/aromatic N) is 1. The molecule has 4 rings (SSSR count). The van der Waals surface area contributed by atoms with Crippen LogP contribution >= 0.6 is 11.3 Å². The fourth-order valence-corrected chi connectivity index (χ4v) is 3.42. The number of hydrogen-bond donors (Lipinski definition) is 2. The lowest BCUT2D eigenvalue weighted by Crippen LogP contribution is -2.25. The molecule has 2 amide bonds. The molecule has 0 atom stereocenters. The van der Waals surface area contributed by atoms with Crippen molar-refractivity contribution in [3.05, 3.63) is 47.8 Å². The van der Waals surface area contributed by atoms with Crippen molar-refractivity contribution < 1.29 is 23.8 Å². The van der Waals surface area contributed by atoms with Crippen molar-refractivity contribution in [1.29, 1.82) is 0 Å². The third kappa shape index (κ3) is 4.46. The molecule has 2 heterocycles. The first-order chi connectivity index (χ1) is 14.1. The monoisotopic (exact) mass is 411 g/mol. The number of thiazole rings is 1. The third-order valence-electron chi connectivity index (χ3n) is 4.09. The summed E-state index contributed by atoms with van der Waals surface area (Å²) in [4.78, 5) is 28.0. The van der Waals surface area contributed by atoms with E-state index in [1.54, 1.807) is 43.5 Å². The molecule has 0 saturated carbocycles. The minimum atomic E-state index is -0.312. The number of ether oxygens (including phenoxy) is 3. The van der Waals surface area contributed by atoms with Gasteiger partial charge in [-0.25, -0.2) is 4.98 Å². The van der Waals surface area contributed by atoms with Crippen LogP contribution < -0.4 is 24.8 Å². The number of anilines is 2. The zero-order valence-corrected chi connectivity index (χ0v) is 16.2. The van der Waals surface area contributed by atoms with E-state index in [4.69, 9.17) is 14.2 Å². The van der Waals surface area contributed by atoms with Gasteiger partial charge in [-0.1, -0.05) is 0 Å². The SMILES string of the molecule is COc1ccc(OCC(=O)Nc2nc(-c3ccc4c(c3)NC(=O)CO4)cs2)cc1. The maximum Gasteiger partial charge on any atom is 0.264 e. The van der Waals surface area contributed by atoms with Crippen LogP contribution in [0.2, 0.25) is 0 Å². The number of amides is 2. The predicted molar refractivity (Wildman–Crippen MR) is 109 cm³/mol. The Kier molecular flexibility index (Phi) is 5.30. The van der Waals surface area contributed by atoms with Crippen molar-refractivity contribution in [3.8, 4) is 28.5 Å². The van der Waals surface area contributed by atoms with Gasteiger partial charge in [0.05, 0.1) is 18.5 Å². The molecular formula is C20H17N3O5S. The topological polar surface area (TPSA) is 98.8 Å². The van der Waals surface area contributed by atoms with Crippen molar-refractivity contribution in [2.24, 2.45) is 0 Å². The molecule has 148 valence electrons. The standard InChI is InChI=1S/C20H17N3O5S/c1-26-13-3-5-14(6-4-13)27-9-19(25)23-20-22-16(11-29-20)12-2-7-17-15(8-12)21-18(24)10-28-17/h2-8,11H,9-10H2,1H3,(H,21,24)(H,22,23,25). The van der Waals surface area contributed by atoms with Crippen LogP contribution in [0.1, 0.15) is 0 Å². The van der Waals surface area contributed by atoms with Crippen LogP contribution in [0.15, 0.2) is 47.8 Å². The normalized spacial score (nSPS) is 12.4. The van der Waals surface area contributed by atoms with Crippen molar-refractivity contribution in [2.75, 3.05) is 31.0 Å². The first-order valence-electron chi connectivity index (χ1n) is 8.70. The van der Waals surface area contributed by atoms with E-state index < -0.39 is 0 Å². The lowest BCUT2D eigenvalue weighted by atomic mass is 10.1. The van der Waals surface area contributed by atoms with E-state index in [1.807, 2.05) is 11.4 Å². The minimum Gasteiger partial charge on any atom is -0.497 e. The van der Waals surface area contributed by atoms with Crippen LogP contribution in [0, 0.1) is 0 Å². The van der Waals surface area contributed by atoms with Gasteiger partial charge < -0.3 is 19.5 Å². The summed E-state index contributed by atoms with van der Waals surface area (Å²) in [6, 6.07) is 12.4. The molecule has 8 nitrogen and oxygen atoms in total. The maximum atomic E-state index is 12.1. The highest BCUT2D eigenvalue weighted by Crippen LogP contribution is 2.33. The van der Waals surface area contributed by atoms with Gasteiger partial charge in [0.2, 0.25) is 0 Å². The summed E-state index contributed by atoms with van der Waals surface area (Å²) in [7, 11) is 1.58. The van der Waals surface area contributed by atoms with Gasteiger partial charge in [-0.2, -0.15) is 0 Å². The first-order valence-corrected chi connectivity index (χ1v) is 9.58. The second-order valence-electron chi connectivity index (χ2n) is 6.10. The quantitative estimate of drug-likeness (QED) is 0.647. The zero-order chi connectivity index (χ0) is 20.2.